The summed E-state index contributed by atoms with van der Waals surface area (Å²) in [6.07, 6.45) is 1.48. The molecule has 0 aliphatic carbocycles. The molecule has 17 heavy (non-hydrogen) atoms. The lowest BCUT2D eigenvalue weighted by molar-refractivity contribution is 0.692. The number of benzene rings is 1. The van der Waals surface area contributed by atoms with Crippen LogP contribution in [0.4, 0.5) is 5.69 Å². The highest BCUT2D eigenvalue weighted by molar-refractivity contribution is 5.48. The van der Waals surface area contributed by atoms with Crippen LogP contribution in [0.5, 0.6) is 0 Å². The second-order valence-corrected chi connectivity index (χ2v) is 4.43. The normalized spacial score (nSPS) is 13.8. The van der Waals surface area contributed by atoms with Crippen molar-refractivity contribution in [3.8, 4) is 6.07 Å². The van der Waals surface area contributed by atoms with Gasteiger partial charge in [0.25, 0.3) is 0 Å². The van der Waals surface area contributed by atoms with E-state index in [4.69, 9.17) is 11.0 Å². The SMILES string of the molecule is CC[C@H](N)c1ccc(N(C)C(C)CC#N)cc1. The number of anilines is 1. The van der Waals surface area contributed by atoms with Crippen molar-refractivity contribution in [3.05, 3.63) is 29.8 Å². The van der Waals surface area contributed by atoms with Gasteiger partial charge in [-0.25, -0.2) is 0 Å². The Morgan fingerprint density at radius 3 is 2.41 bits per heavy atom. The van der Waals surface area contributed by atoms with Crippen LogP contribution in [-0.2, 0) is 0 Å². The van der Waals surface area contributed by atoms with Crippen molar-refractivity contribution in [2.45, 2.75) is 38.8 Å². The maximum atomic E-state index is 8.69. The molecule has 0 bridgehead atoms. The Bertz CT molecular complexity index is 377. The minimum atomic E-state index is 0.117. The van der Waals surface area contributed by atoms with Gasteiger partial charge in [-0.1, -0.05) is 19.1 Å². The monoisotopic (exact) mass is 231 g/mol. The molecule has 0 aliphatic heterocycles. The number of nitriles is 1. The molecule has 0 amide bonds. The summed E-state index contributed by atoms with van der Waals surface area (Å²) in [6, 6.07) is 10.8. The third-order valence-electron chi connectivity index (χ3n) is 3.22. The highest BCUT2D eigenvalue weighted by Gasteiger charge is 2.10. The van der Waals surface area contributed by atoms with Gasteiger partial charge in [0.15, 0.2) is 0 Å². The Labute approximate surface area is 104 Å². The van der Waals surface area contributed by atoms with Crippen LogP contribution < -0.4 is 10.6 Å². The Balaban J connectivity index is 2.77. The molecule has 1 aromatic carbocycles. The molecule has 0 fully saturated rings. The van der Waals surface area contributed by atoms with E-state index in [1.807, 2.05) is 7.05 Å². The molecule has 1 rings (SSSR count). The Hall–Kier alpha value is -1.53. The summed E-state index contributed by atoms with van der Waals surface area (Å²) in [5.41, 5.74) is 8.26. The van der Waals surface area contributed by atoms with Crippen LogP contribution in [0, 0.1) is 11.3 Å². The molecule has 1 aromatic rings. The van der Waals surface area contributed by atoms with Crippen molar-refractivity contribution in [1.82, 2.24) is 0 Å². The van der Waals surface area contributed by atoms with Crippen molar-refractivity contribution in [1.29, 1.82) is 5.26 Å². The van der Waals surface area contributed by atoms with Gasteiger partial charge in [-0.2, -0.15) is 5.26 Å². The zero-order valence-electron chi connectivity index (χ0n) is 10.9. The number of nitrogens with zero attached hydrogens (tertiary/aromatic N) is 2. The summed E-state index contributed by atoms with van der Waals surface area (Å²) in [4.78, 5) is 2.12. The molecule has 0 aromatic heterocycles. The molecule has 3 heteroatoms. The van der Waals surface area contributed by atoms with Crippen molar-refractivity contribution in [2.24, 2.45) is 5.73 Å². The van der Waals surface area contributed by atoms with E-state index in [1.54, 1.807) is 0 Å². The van der Waals surface area contributed by atoms with E-state index in [1.165, 1.54) is 0 Å². The maximum Gasteiger partial charge on any atom is 0.0643 e. The molecule has 0 spiro atoms. The number of hydrogen-bond acceptors (Lipinski definition) is 3. The fraction of sp³-hybridized carbons (Fsp3) is 0.500. The van der Waals surface area contributed by atoms with E-state index in [2.05, 4.69) is 49.1 Å². The number of hydrogen-bond donors (Lipinski definition) is 1. The van der Waals surface area contributed by atoms with Crippen LogP contribution in [0.25, 0.3) is 0 Å². The highest BCUT2D eigenvalue weighted by atomic mass is 15.1. The third-order valence-corrected chi connectivity index (χ3v) is 3.22. The summed E-state index contributed by atoms with van der Waals surface area (Å²) in [5.74, 6) is 0. The van der Waals surface area contributed by atoms with Crippen LogP contribution in [0.3, 0.4) is 0 Å². The van der Waals surface area contributed by atoms with Crippen LogP contribution >= 0.6 is 0 Å². The minimum absolute atomic E-state index is 0.117. The summed E-state index contributed by atoms with van der Waals surface area (Å²) >= 11 is 0. The van der Waals surface area contributed by atoms with E-state index in [9.17, 15) is 0 Å². The van der Waals surface area contributed by atoms with Crippen LogP contribution in [0.2, 0.25) is 0 Å². The van der Waals surface area contributed by atoms with E-state index < -0.39 is 0 Å². The summed E-state index contributed by atoms with van der Waals surface area (Å²) in [7, 11) is 2.01. The zero-order valence-corrected chi connectivity index (χ0v) is 10.9. The predicted molar refractivity (Wildman–Crippen MR) is 71.8 cm³/mol. The summed E-state index contributed by atoms with van der Waals surface area (Å²) in [6.45, 7) is 4.13. The van der Waals surface area contributed by atoms with Gasteiger partial charge in [-0.05, 0) is 31.0 Å². The first-order valence-electron chi connectivity index (χ1n) is 6.05. The van der Waals surface area contributed by atoms with E-state index in [0.29, 0.717) is 6.42 Å². The van der Waals surface area contributed by atoms with Crippen molar-refractivity contribution < 1.29 is 0 Å². The molecule has 92 valence electrons. The zero-order chi connectivity index (χ0) is 12.8. The van der Waals surface area contributed by atoms with E-state index in [-0.39, 0.29) is 12.1 Å². The first-order chi connectivity index (χ1) is 8.10. The maximum absolute atomic E-state index is 8.69. The molecular weight excluding hydrogens is 210 g/mol. The van der Waals surface area contributed by atoms with Crippen LogP contribution in [0.1, 0.15) is 38.3 Å². The lowest BCUT2D eigenvalue weighted by atomic mass is 10.0. The van der Waals surface area contributed by atoms with Gasteiger partial charge in [0, 0.05) is 24.8 Å². The van der Waals surface area contributed by atoms with Crippen molar-refractivity contribution in [3.63, 3.8) is 0 Å². The Morgan fingerprint density at radius 1 is 1.35 bits per heavy atom. The van der Waals surface area contributed by atoms with Crippen molar-refractivity contribution in [2.75, 3.05) is 11.9 Å². The molecule has 0 saturated carbocycles. The molecule has 0 heterocycles. The topological polar surface area (TPSA) is 53.0 Å². The second-order valence-electron chi connectivity index (χ2n) is 4.43. The van der Waals surface area contributed by atoms with Gasteiger partial charge < -0.3 is 10.6 Å². The third kappa shape index (κ3) is 3.47. The second kappa shape index (κ2) is 6.27. The van der Waals surface area contributed by atoms with E-state index in [0.717, 1.165) is 17.7 Å². The quantitative estimate of drug-likeness (QED) is 0.847. The lowest BCUT2D eigenvalue weighted by Gasteiger charge is -2.25. The largest absolute Gasteiger partial charge is 0.371 e. The van der Waals surface area contributed by atoms with Crippen molar-refractivity contribution >= 4 is 5.69 Å². The Kier molecular flexibility index (Phi) is 4.99. The average Bonchev–Trinajstić information content (AvgIpc) is 2.37. The molecule has 0 radical (unpaired) electrons. The van der Waals surface area contributed by atoms with Gasteiger partial charge in [0.2, 0.25) is 0 Å². The van der Waals surface area contributed by atoms with Gasteiger partial charge in [0.1, 0.15) is 0 Å². The number of nitrogens with two attached hydrogens (primary N) is 1. The highest BCUT2D eigenvalue weighted by Crippen LogP contribution is 2.20. The van der Waals surface area contributed by atoms with Gasteiger partial charge in [0.05, 0.1) is 12.5 Å². The van der Waals surface area contributed by atoms with Crippen LogP contribution in [-0.4, -0.2) is 13.1 Å². The minimum Gasteiger partial charge on any atom is -0.371 e. The fourth-order valence-corrected chi connectivity index (χ4v) is 1.72. The lowest BCUT2D eigenvalue weighted by Crippen LogP contribution is -2.28. The first-order valence-corrected chi connectivity index (χ1v) is 6.05. The fourth-order valence-electron chi connectivity index (χ4n) is 1.72. The average molecular weight is 231 g/mol. The molecular formula is C14H21N3. The molecule has 0 saturated heterocycles. The first kappa shape index (κ1) is 13.5. The molecule has 3 nitrogen and oxygen atoms in total. The van der Waals surface area contributed by atoms with E-state index >= 15 is 0 Å². The molecule has 2 atom stereocenters. The summed E-state index contributed by atoms with van der Waals surface area (Å²) in [5, 5.41) is 8.69. The number of rotatable bonds is 5. The van der Waals surface area contributed by atoms with Crippen LogP contribution in [0.15, 0.2) is 24.3 Å². The van der Waals surface area contributed by atoms with Gasteiger partial charge in [-0.15, -0.1) is 0 Å². The molecule has 2 N–H and O–H groups in total. The Morgan fingerprint density at radius 2 is 1.94 bits per heavy atom. The summed E-state index contributed by atoms with van der Waals surface area (Å²) < 4.78 is 0. The standard InChI is InChI=1S/C14H21N3/c1-4-14(16)12-5-7-13(8-6-12)17(3)11(2)9-10-15/h5-8,11,14H,4,9,16H2,1-3H3/t11?,14-/m0/s1. The van der Waals surface area contributed by atoms with Gasteiger partial charge in [-0.3, -0.25) is 0 Å². The van der Waals surface area contributed by atoms with Gasteiger partial charge >= 0.3 is 0 Å². The molecule has 1 unspecified atom stereocenters. The smallest absolute Gasteiger partial charge is 0.0643 e. The molecule has 0 aliphatic rings. The predicted octanol–water partition coefficient (Wildman–Crippen LogP) is 2.83.